The molecule has 1 unspecified atom stereocenters. The number of hydrogen-bond acceptors (Lipinski definition) is 8. The van der Waals surface area contributed by atoms with Crippen LogP contribution < -0.4 is 29.4 Å². The van der Waals surface area contributed by atoms with Gasteiger partial charge in [-0.25, -0.2) is 4.79 Å². The standard InChI is InChI=1S/C28H25ClN2O6/c1-3-33-23-12-5-17(13-25(23)34-4-2)27-21-11-10-20(14-24(21)37-28(31)22(27)15-30)36-26(32)16-35-19-8-6-18(29)7-9-19/h5-14,27H,3-4,16,31H2,1-2H3. The topological polar surface area (TPSA) is 113 Å². The number of nitrogens with two attached hydrogens (primary N) is 1. The molecule has 37 heavy (non-hydrogen) atoms. The minimum atomic E-state index is -0.601. The van der Waals surface area contributed by atoms with Crippen LogP contribution >= 0.6 is 11.6 Å². The number of rotatable bonds is 9. The van der Waals surface area contributed by atoms with Gasteiger partial charge >= 0.3 is 5.97 Å². The van der Waals surface area contributed by atoms with Crippen molar-refractivity contribution in [1.82, 2.24) is 0 Å². The van der Waals surface area contributed by atoms with E-state index in [9.17, 15) is 10.1 Å². The lowest BCUT2D eigenvalue weighted by Gasteiger charge is -2.27. The second-order valence-corrected chi connectivity index (χ2v) is 8.35. The predicted molar refractivity (Wildman–Crippen MR) is 137 cm³/mol. The van der Waals surface area contributed by atoms with E-state index in [-0.39, 0.29) is 23.8 Å². The molecule has 0 aliphatic carbocycles. The van der Waals surface area contributed by atoms with Crippen LogP contribution in [0.15, 0.2) is 72.1 Å². The number of ether oxygens (including phenoxy) is 5. The zero-order chi connectivity index (χ0) is 26.4. The van der Waals surface area contributed by atoms with Crippen LogP contribution in [0.2, 0.25) is 5.02 Å². The number of carbonyl (C=O) groups excluding carboxylic acids is 1. The molecule has 0 bridgehead atoms. The average Bonchev–Trinajstić information content (AvgIpc) is 2.89. The van der Waals surface area contributed by atoms with Crippen LogP contribution in [-0.2, 0) is 4.79 Å². The largest absolute Gasteiger partial charge is 0.490 e. The average molecular weight is 521 g/mol. The molecule has 3 aromatic rings. The van der Waals surface area contributed by atoms with Gasteiger partial charge in [0.15, 0.2) is 18.1 Å². The first-order chi connectivity index (χ1) is 17.9. The SMILES string of the molecule is CCOc1ccc(C2C(C#N)=C(N)Oc3cc(OC(=O)COc4ccc(Cl)cc4)ccc32)cc1OCC. The van der Waals surface area contributed by atoms with E-state index in [1.165, 1.54) is 0 Å². The number of halogens is 1. The molecule has 0 saturated heterocycles. The van der Waals surface area contributed by atoms with E-state index in [1.54, 1.807) is 48.5 Å². The zero-order valence-corrected chi connectivity index (χ0v) is 21.1. The molecule has 2 N–H and O–H groups in total. The van der Waals surface area contributed by atoms with Crippen LogP contribution in [0, 0.1) is 11.3 Å². The van der Waals surface area contributed by atoms with E-state index < -0.39 is 11.9 Å². The van der Waals surface area contributed by atoms with Crippen LogP contribution in [0.25, 0.3) is 0 Å². The van der Waals surface area contributed by atoms with E-state index in [1.807, 2.05) is 26.0 Å². The monoisotopic (exact) mass is 520 g/mol. The molecule has 1 aliphatic heterocycles. The van der Waals surface area contributed by atoms with Crippen molar-refractivity contribution >= 4 is 17.6 Å². The smallest absolute Gasteiger partial charge is 0.349 e. The van der Waals surface area contributed by atoms with Crippen molar-refractivity contribution in [3.8, 4) is 34.8 Å². The van der Waals surface area contributed by atoms with Crippen molar-refractivity contribution < 1.29 is 28.5 Å². The summed E-state index contributed by atoms with van der Waals surface area (Å²) in [6.07, 6.45) is 0. The van der Waals surface area contributed by atoms with E-state index >= 15 is 0 Å². The van der Waals surface area contributed by atoms with E-state index in [2.05, 4.69) is 6.07 Å². The van der Waals surface area contributed by atoms with Crippen molar-refractivity contribution in [3.63, 3.8) is 0 Å². The van der Waals surface area contributed by atoms with E-state index in [0.717, 1.165) is 5.56 Å². The molecule has 0 saturated carbocycles. The zero-order valence-electron chi connectivity index (χ0n) is 20.3. The number of allylic oxidation sites excluding steroid dienone is 1. The third kappa shape index (κ3) is 5.90. The Bertz CT molecular complexity index is 1360. The molecule has 3 aromatic carbocycles. The lowest BCUT2D eigenvalue weighted by Crippen LogP contribution is -2.22. The van der Waals surface area contributed by atoms with Crippen molar-refractivity contribution in [2.45, 2.75) is 19.8 Å². The normalized spacial score (nSPS) is 14.2. The summed E-state index contributed by atoms with van der Waals surface area (Å²) < 4.78 is 28.0. The maximum Gasteiger partial charge on any atom is 0.349 e. The number of nitrogens with zero attached hydrogens (tertiary/aromatic N) is 1. The van der Waals surface area contributed by atoms with Gasteiger partial charge in [-0.05, 0) is 61.9 Å². The maximum absolute atomic E-state index is 12.3. The second-order valence-electron chi connectivity index (χ2n) is 7.91. The third-order valence-corrected chi connectivity index (χ3v) is 5.75. The highest BCUT2D eigenvalue weighted by atomic mass is 35.5. The van der Waals surface area contributed by atoms with Crippen LogP contribution in [0.4, 0.5) is 0 Å². The predicted octanol–water partition coefficient (Wildman–Crippen LogP) is 5.34. The first kappa shape index (κ1) is 25.7. The Morgan fingerprint density at radius 3 is 2.38 bits per heavy atom. The lowest BCUT2D eigenvalue weighted by molar-refractivity contribution is -0.136. The highest BCUT2D eigenvalue weighted by molar-refractivity contribution is 6.30. The third-order valence-electron chi connectivity index (χ3n) is 5.49. The molecular weight excluding hydrogens is 496 g/mol. The molecule has 1 atom stereocenters. The van der Waals surface area contributed by atoms with E-state index in [0.29, 0.717) is 46.8 Å². The van der Waals surface area contributed by atoms with Crippen molar-refractivity contribution in [1.29, 1.82) is 5.26 Å². The van der Waals surface area contributed by atoms with E-state index in [4.69, 9.17) is 41.0 Å². The molecule has 1 aliphatic rings. The van der Waals surface area contributed by atoms with Gasteiger partial charge < -0.3 is 29.4 Å². The Morgan fingerprint density at radius 1 is 0.973 bits per heavy atom. The Kier molecular flexibility index (Phi) is 8.06. The molecule has 0 spiro atoms. The first-order valence-electron chi connectivity index (χ1n) is 11.6. The molecule has 0 radical (unpaired) electrons. The fraction of sp³-hybridized carbons (Fsp3) is 0.214. The molecule has 190 valence electrons. The summed E-state index contributed by atoms with van der Waals surface area (Å²) in [5.41, 5.74) is 7.85. The van der Waals surface area contributed by atoms with Gasteiger partial charge in [0.25, 0.3) is 0 Å². The Hall–Kier alpha value is -4.35. The minimum Gasteiger partial charge on any atom is -0.490 e. The lowest BCUT2D eigenvalue weighted by atomic mass is 9.83. The van der Waals surface area contributed by atoms with Gasteiger partial charge in [-0.15, -0.1) is 0 Å². The number of nitriles is 1. The molecule has 4 rings (SSSR count). The fourth-order valence-electron chi connectivity index (χ4n) is 3.92. The number of carbonyl (C=O) groups is 1. The molecule has 1 heterocycles. The van der Waals surface area contributed by atoms with Crippen molar-refractivity contribution in [2.24, 2.45) is 5.73 Å². The summed E-state index contributed by atoms with van der Waals surface area (Å²) in [4.78, 5) is 12.3. The van der Waals surface area contributed by atoms with Gasteiger partial charge in [0.2, 0.25) is 5.88 Å². The summed E-state index contributed by atoms with van der Waals surface area (Å²) in [6, 6.07) is 19.2. The molecule has 9 heteroatoms. The van der Waals surface area contributed by atoms with Gasteiger partial charge in [0.1, 0.15) is 28.9 Å². The second kappa shape index (κ2) is 11.6. The Balaban J connectivity index is 1.58. The molecule has 8 nitrogen and oxygen atoms in total. The highest BCUT2D eigenvalue weighted by Crippen LogP contribution is 2.45. The fourth-order valence-corrected chi connectivity index (χ4v) is 4.05. The van der Waals surface area contributed by atoms with Gasteiger partial charge in [0, 0.05) is 16.7 Å². The van der Waals surface area contributed by atoms with Crippen LogP contribution in [0.5, 0.6) is 28.7 Å². The molecular formula is C28H25ClN2O6. The summed E-state index contributed by atoms with van der Waals surface area (Å²) >= 11 is 5.86. The number of hydrogen-bond donors (Lipinski definition) is 1. The van der Waals surface area contributed by atoms with Gasteiger partial charge in [-0.2, -0.15) is 5.26 Å². The van der Waals surface area contributed by atoms with Crippen molar-refractivity contribution in [2.75, 3.05) is 19.8 Å². The maximum atomic E-state index is 12.3. The number of benzene rings is 3. The van der Waals surface area contributed by atoms with Crippen LogP contribution in [0.1, 0.15) is 30.9 Å². The highest BCUT2D eigenvalue weighted by Gasteiger charge is 2.31. The summed E-state index contributed by atoms with van der Waals surface area (Å²) in [5, 5.41) is 10.4. The Morgan fingerprint density at radius 2 is 1.68 bits per heavy atom. The quantitative estimate of drug-likeness (QED) is 0.297. The summed E-state index contributed by atoms with van der Waals surface area (Å²) in [5.74, 6) is 1.14. The molecule has 0 amide bonds. The molecule has 0 aromatic heterocycles. The van der Waals surface area contributed by atoms with Gasteiger partial charge in [0.05, 0.1) is 19.1 Å². The number of esters is 1. The Labute approximate surface area is 219 Å². The summed E-state index contributed by atoms with van der Waals surface area (Å²) in [6.45, 7) is 4.42. The van der Waals surface area contributed by atoms with Crippen LogP contribution in [0.3, 0.4) is 0 Å². The minimum absolute atomic E-state index is 0.0265. The van der Waals surface area contributed by atoms with Gasteiger partial charge in [-0.1, -0.05) is 23.7 Å². The van der Waals surface area contributed by atoms with Crippen LogP contribution in [-0.4, -0.2) is 25.8 Å². The first-order valence-corrected chi connectivity index (χ1v) is 12.0. The van der Waals surface area contributed by atoms with Gasteiger partial charge in [-0.3, -0.25) is 0 Å². The number of fused-ring (bicyclic) bond motifs is 1. The van der Waals surface area contributed by atoms with Crippen molar-refractivity contribution in [3.05, 3.63) is 88.3 Å². The molecule has 0 fully saturated rings. The summed E-state index contributed by atoms with van der Waals surface area (Å²) in [7, 11) is 0.